The number of hydrogen-bond acceptors (Lipinski definition) is 3. The third-order valence-corrected chi connectivity index (χ3v) is 3.94. The van der Waals surface area contributed by atoms with Crippen molar-refractivity contribution in [3.8, 4) is 0 Å². The first-order valence-corrected chi connectivity index (χ1v) is 6.76. The Kier molecular flexibility index (Phi) is 4.27. The maximum Gasteiger partial charge on any atom is 0.311 e. The third kappa shape index (κ3) is 3.39. The number of hydrogen-bond donors (Lipinski definition) is 2. The summed E-state index contributed by atoms with van der Waals surface area (Å²) in [6, 6.07) is 5.46. The second kappa shape index (κ2) is 5.81. The van der Waals surface area contributed by atoms with E-state index in [1.165, 1.54) is 23.1 Å². The number of carboxylic acid groups (broad SMARTS) is 1. The van der Waals surface area contributed by atoms with Gasteiger partial charge in [-0.2, -0.15) is 0 Å². The number of amides is 1. The molecule has 0 radical (unpaired) electrons. The number of rotatable bonds is 4. The fourth-order valence-corrected chi connectivity index (χ4v) is 2.47. The molecule has 0 spiro atoms. The van der Waals surface area contributed by atoms with Crippen LogP contribution in [0.15, 0.2) is 24.3 Å². The zero-order chi connectivity index (χ0) is 15.6. The molecule has 1 heterocycles. The zero-order valence-electron chi connectivity index (χ0n) is 11.8. The van der Waals surface area contributed by atoms with Crippen LogP contribution in [-0.2, 0) is 9.59 Å². The number of halogens is 1. The number of nitrogens with zero attached hydrogens (tertiary/aromatic N) is 1. The van der Waals surface area contributed by atoms with E-state index in [0.29, 0.717) is 18.5 Å². The molecule has 0 aliphatic carbocycles. The Morgan fingerprint density at radius 3 is 2.76 bits per heavy atom. The number of aliphatic hydroxyl groups is 1. The Bertz CT molecular complexity index is 562. The minimum atomic E-state index is -1.09. The first-order chi connectivity index (χ1) is 9.82. The van der Waals surface area contributed by atoms with E-state index in [4.69, 9.17) is 5.11 Å². The fourth-order valence-electron chi connectivity index (χ4n) is 2.47. The van der Waals surface area contributed by atoms with E-state index in [1.54, 1.807) is 13.0 Å². The summed E-state index contributed by atoms with van der Waals surface area (Å²) in [7, 11) is 0. The van der Waals surface area contributed by atoms with Crippen molar-refractivity contribution in [3.05, 3.63) is 35.6 Å². The van der Waals surface area contributed by atoms with E-state index < -0.39 is 23.3 Å². The summed E-state index contributed by atoms with van der Waals surface area (Å²) in [5.41, 5.74) is -0.594. The largest absolute Gasteiger partial charge is 0.481 e. The van der Waals surface area contributed by atoms with Crippen LogP contribution >= 0.6 is 0 Å². The highest BCUT2D eigenvalue weighted by Crippen LogP contribution is 2.31. The smallest absolute Gasteiger partial charge is 0.311 e. The number of carboxylic acids is 1. The molecule has 2 rings (SSSR count). The van der Waals surface area contributed by atoms with Gasteiger partial charge in [-0.15, -0.1) is 0 Å². The van der Waals surface area contributed by atoms with Crippen LogP contribution in [0.1, 0.15) is 31.4 Å². The van der Waals surface area contributed by atoms with Crippen molar-refractivity contribution in [3.63, 3.8) is 0 Å². The molecular weight excluding hydrogens is 277 g/mol. The lowest BCUT2D eigenvalue weighted by atomic mass is 9.90. The number of benzene rings is 1. The van der Waals surface area contributed by atoms with Gasteiger partial charge >= 0.3 is 5.97 Å². The highest BCUT2D eigenvalue weighted by molar-refractivity contribution is 5.80. The standard InChI is InChI=1S/C15H18FNO4/c1-15(14(20)21)5-6-17(9-15)13(19)8-12(18)10-3-2-4-11(16)7-10/h2-4,7,12,18H,5-6,8-9H2,1H3,(H,20,21). The molecule has 2 unspecified atom stereocenters. The second-order valence-corrected chi connectivity index (χ2v) is 5.71. The summed E-state index contributed by atoms with van der Waals surface area (Å²) in [5.74, 6) is -1.72. The van der Waals surface area contributed by atoms with Gasteiger partial charge in [-0.25, -0.2) is 4.39 Å². The van der Waals surface area contributed by atoms with E-state index in [-0.39, 0.29) is 18.9 Å². The summed E-state index contributed by atoms with van der Waals surface area (Å²) < 4.78 is 13.1. The van der Waals surface area contributed by atoms with Gasteiger partial charge in [-0.3, -0.25) is 9.59 Å². The van der Waals surface area contributed by atoms with Gasteiger partial charge in [0.15, 0.2) is 0 Å². The molecule has 1 fully saturated rings. The molecular formula is C15H18FNO4. The van der Waals surface area contributed by atoms with Crippen molar-refractivity contribution in [2.45, 2.75) is 25.9 Å². The van der Waals surface area contributed by atoms with Crippen molar-refractivity contribution in [1.29, 1.82) is 0 Å². The van der Waals surface area contributed by atoms with Crippen molar-refractivity contribution in [1.82, 2.24) is 4.90 Å². The van der Waals surface area contributed by atoms with E-state index >= 15 is 0 Å². The Morgan fingerprint density at radius 1 is 1.48 bits per heavy atom. The molecule has 1 aromatic rings. The molecule has 0 saturated carbocycles. The summed E-state index contributed by atoms with van der Waals surface area (Å²) in [6.45, 7) is 2.10. The Balaban J connectivity index is 1.98. The van der Waals surface area contributed by atoms with Crippen molar-refractivity contribution >= 4 is 11.9 Å². The number of aliphatic carboxylic acids is 1. The first kappa shape index (κ1) is 15.4. The lowest BCUT2D eigenvalue weighted by Crippen LogP contribution is -2.35. The van der Waals surface area contributed by atoms with Gasteiger partial charge in [0.1, 0.15) is 5.82 Å². The molecule has 0 bridgehead atoms. The normalized spacial score (nSPS) is 23.1. The van der Waals surface area contributed by atoms with Crippen LogP contribution < -0.4 is 0 Å². The molecule has 1 amide bonds. The van der Waals surface area contributed by atoms with Crippen molar-refractivity contribution in [2.75, 3.05) is 13.1 Å². The highest BCUT2D eigenvalue weighted by Gasteiger charge is 2.42. The zero-order valence-corrected chi connectivity index (χ0v) is 11.8. The molecule has 5 nitrogen and oxygen atoms in total. The second-order valence-electron chi connectivity index (χ2n) is 5.71. The molecule has 6 heteroatoms. The number of aliphatic hydroxyl groups excluding tert-OH is 1. The van der Waals surface area contributed by atoms with Crippen LogP contribution in [0.25, 0.3) is 0 Å². The van der Waals surface area contributed by atoms with Crippen molar-refractivity contribution in [2.24, 2.45) is 5.41 Å². The number of carbonyl (C=O) groups excluding carboxylic acids is 1. The molecule has 0 aromatic heterocycles. The van der Waals surface area contributed by atoms with Gasteiger partial charge in [0.05, 0.1) is 17.9 Å². The molecule has 2 atom stereocenters. The van der Waals surface area contributed by atoms with Crippen LogP contribution in [0, 0.1) is 11.2 Å². The maximum absolute atomic E-state index is 13.1. The summed E-state index contributed by atoms with van der Waals surface area (Å²) >= 11 is 0. The quantitative estimate of drug-likeness (QED) is 0.884. The SMILES string of the molecule is CC1(C(=O)O)CCN(C(=O)CC(O)c2cccc(F)c2)C1. The minimum absolute atomic E-state index is 0.136. The van der Waals surface area contributed by atoms with Gasteiger partial charge in [0.25, 0.3) is 0 Å². The predicted molar refractivity (Wildman–Crippen MR) is 72.9 cm³/mol. The monoisotopic (exact) mass is 295 g/mol. The summed E-state index contributed by atoms with van der Waals surface area (Å²) in [4.78, 5) is 24.7. The minimum Gasteiger partial charge on any atom is -0.481 e. The maximum atomic E-state index is 13.1. The van der Waals surface area contributed by atoms with Crippen LogP contribution in [-0.4, -0.2) is 40.1 Å². The lowest BCUT2D eigenvalue weighted by Gasteiger charge is -2.21. The number of likely N-dealkylation sites (tertiary alicyclic amines) is 1. The van der Waals surface area contributed by atoms with Crippen LogP contribution in [0.3, 0.4) is 0 Å². The van der Waals surface area contributed by atoms with E-state index in [0.717, 1.165) is 0 Å². The summed E-state index contributed by atoms with van der Waals surface area (Å²) in [6.07, 6.45) is -0.881. The summed E-state index contributed by atoms with van der Waals surface area (Å²) in [5, 5.41) is 19.1. The Morgan fingerprint density at radius 2 is 2.19 bits per heavy atom. The molecule has 114 valence electrons. The third-order valence-electron chi connectivity index (χ3n) is 3.94. The average Bonchev–Trinajstić information content (AvgIpc) is 2.83. The van der Waals surface area contributed by atoms with Crippen molar-refractivity contribution < 1.29 is 24.2 Å². The predicted octanol–water partition coefficient (Wildman–Crippen LogP) is 1.57. The Hall–Kier alpha value is -1.95. The van der Waals surface area contributed by atoms with Crippen LogP contribution in [0.5, 0.6) is 0 Å². The van der Waals surface area contributed by atoms with Gasteiger partial charge in [-0.1, -0.05) is 12.1 Å². The molecule has 2 N–H and O–H groups in total. The average molecular weight is 295 g/mol. The van der Waals surface area contributed by atoms with E-state index in [1.807, 2.05) is 0 Å². The van der Waals surface area contributed by atoms with Crippen LogP contribution in [0.4, 0.5) is 4.39 Å². The molecule has 21 heavy (non-hydrogen) atoms. The highest BCUT2D eigenvalue weighted by atomic mass is 19.1. The number of carbonyl (C=O) groups is 2. The van der Waals surface area contributed by atoms with Crippen LogP contribution in [0.2, 0.25) is 0 Å². The van der Waals surface area contributed by atoms with Gasteiger partial charge in [0, 0.05) is 13.1 Å². The Labute approximate surface area is 122 Å². The lowest BCUT2D eigenvalue weighted by molar-refractivity contribution is -0.147. The topological polar surface area (TPSA) is 77.8 Å². The molecule has 1 saturated heterocycles. The van der Waals surface area contributed by atoms with Gasteiger partial charge in [0.2, 0.25) is 5.91 Å². The fraction of sp³-hybridized carbons (Fsp3) is 0.467. The van der Waals surface area contributed by atoms with Gasteiger partial charge < -0.3 is 15.1 Å². The molecule has 1 aliphatic heterocycles. The molecule has 1 aliphatic rings. The van der Waals surface area contributed by atoms with E-state index in [9.17, 15) is 19.1 Å². The van der Waals surface area contributed by atoms with E-state index in [2.05, 4.69) is 0 Å². The van der Waals surface area contributed by atoms with Gasteiger partial charge in [-0.05, 0) is 31.0 Å². The first-order valence-electron chi connectivity index (χ1n) is 6.76. The molecule has 1 aromatic carbocycles.